The molecule has 28 heavy (non-hydrogen) atoms. The first-order valence-electron chi connectivity index (χ1n) is 9.14. The van der Waals surface area contributed by atoms with Crippen LogP contribution in [0.15, 0.2) is 36.4 Å². The minimum absolute atomic E-state index is 0.0583. The maximum atomic E-state index is 12.4. The number of carbonyl (C=O) groups excluding carboxylic acids is 2. The average Bonchev–Trinajstić information content (AvgIpc) is 2.67. The molecule has 2 amide bonds. The molecule has 0 radical (unpaired) electrons. The summed E-state index contributed by atoms with van der Waals surface area (Å²) in [6.07, 6.45) is 0.615. The van der Waals surface area contributed by atoms with Gasteiger partial charge in [-0.1, -0.05) is 37.3 Å². The molecule has 1 atom stereocenters. The number of anilines is 1. The Kier molecular flexibility index (Phi) is 5.46. The molecule has 0 aromatic heterocycles. The maximum Gasteiger partial charge on any atom is 0.337 e. The van der Waals surface area contributed by atoms with E-state index in [9.17, 15) is 19.5 Å². The Labute approximate surface area is 163 Å². The molecule has 0 fully saturated rings. The van der Waals surface area contributed by atoms with Gasteiger partial charge in [-0.25, -0.2) is 4.79 Å². The van der Waals surface area contributed by atoms with Crippen molar-refractivity contribution in [2.45, 2.75) is 26.3 Å². The fourth-order valence-electron chi connectivity index (χ4n) is 3.90. The fourth-order valence-corrected chi connectivity index (χ4v) is 3.90. The van der Waals surface area contributed by atoms with Crippen LogP contribution in [0.1, 0.15) is 41.4 Å². The van der Waals surface area contributed by atoms with E-state index < -0.39 is 23.8 Å². The van der Waals surface area contributed by atoms with Crippen LogP contribution in [0.5, 0.6) is 0 Å². The van der Waals surface area contributed by atoms with Gasteiger partial charge in [0.05, 0.1) is 11.3 Å². The molecule has 0 saturated heterocycles. The Morgan fingerprint density at radius 3 is 2.46 bits per heavy atom. The number of carbonyl (C=O) groups is 3. The van der Waals surface area contributed by atoms with E-state index in [0.29, 0.717) is 25.1 Å². The van der Waals surface area contributed by atoms with Crippen molar-refractivity contribution < 1.29 is 19.5 Å². The number of amides is 2. The number of benzene rings is 2. The number of carboxylic acids is 1. The summed E-state index contributed by atoms with van der Waals surface area (Å²) in [6, 6.07) is 10.2. The van der Waals surface area contributed by atoms with Crippen molar-refractivity contribution >= 4 is 23.5 Å². The minimum atomic E-state index is -1.18. The third kappa shape index (κ3) is 3.48. The van der Waals surface area contributed by atoms with Gasteiger partial charge in [-0.05, 0) is 35.7 Å². The smallest absolute Gasteiger partial charge is 0.337 e. The molecular formula is C21H23N3O4. The molecule has 0 bridgehead atoms. The fraction of sp³-hybridized carbons (Fsp3) is 0.286. The summed E-state index contributed by atoms with van der Waals surface area (Å²) < 4.78 is 0. The first-order chi connectivity index (χ1) is 13.3. The van der Waals surface area contributed by atoms with E-state index in [2.05, 4.69) is 5.32 Å². The van der Waals surface area contributed by atoms with Gasteiger partial charge >= 0.3 is 5.97 Å². The molecule has 1 heterocycles. The molecule has 146 valence electrons. The second-order valence-electron chi connectivity index (χ2n) is 6.77. The summed E-state index contributed by atoms with van der Waals surface area (Å²) in [5.41, 5.74) is 8.73. The van der Waals surface area contributed by atoms with Crippen molar-refractivity contribution in [1.82, 2.24) is 4.90 Å². The maximum absolute atomic E-state index is 12.4. The summed E-state index contributed by atoms with van der Waals surface area (Å²) in [6.45, 7) is 4.41. The highest BCUT2D eigenvalue weighted by molar-refractivity contribution is 6.04. The Bertz CT molecular complexity index is 940. The molecule has 1 aliphatic rings. The lowest BCUT2D eigenvalue weighted by Crippen LogP contribution is -2.43. The summed E-state index contributed by atoms with van der Waals surface area (Å²) in [5, 5.41) is 12.5. The molecule has 2 aromatic carbocycles. The number of hydrogen-bond donors (Lipinski definition) is 3. The third-order valence-corrected chi connectivity index (χ3v) is 5.06. The standard InChI is InChI=1S/C21H23N3O4/c1-3-24-10-9-14-15(13-7-5-4-6-8-13)11-16(21(27)28)18(23-12(2)25)17(14)19(24)20(22)26/h4-8,11,19H,3,9-10H2,1-2H3,(H2,22,26)(H,23,25)(H,27,28). The van der Waals surface area contributed by atoms with Crippen molar-refractivity contribution in [2.75, 3.05) is 18.4 Å². The molecule has 3 rings (SSSR count). The second-order valence-corrected chi connectivity index (χ2v) is 6.77. The molecule has 2 aromatic rings. The van der Waals surface area contributed by atoms with Crippen LogP contribution in [0.25, 0.3) is 11.1 Å². The highest BCUT2D eigenvalue weighted by Crippen LogP contribution is 2.42. The zero-order valence-corrected chi connectivity index (χ0v) is 15.9. The van der Waals surface area contributed by atoms with E-state index in [1.165, 1.54) is 6.92 Å². The van der Waals surface area contributed by atoms with Gasteiger partial charge in [0.15, 0.2) is 0 Å². The quantitative estimate of drug-likeness (QED) is 0.736. The van der Waals surface area contributed by atoms with Gasteiger partial charge in [0.25, 0.3) is 0 Å². The number of primary amides is 1. The van der Waals surface area contributed by atoms with Gasteiger partial charge < -0.3 is 16.2 Å². The Hall–Kier alpha value is -3.19. The zero-order chi connectivity index (χ0) is 20.4. The Balaban J connectivity index is 2.40. The lowest BCUT2D eigenvalue weighted by molar-refractivity contribution is -0.123. The van der Waals surface area contributed by atoms with Crippen molar-refractivity contribution in [3.63, 3.8) is 0 Å². The van der Waals surface area contributed by atoms with Gasteiger partial charge in [0.2, 0.25) is 11.8 Å². The van der Waals surface area contributed by atoms with Gasteiger partial charge in [-0.2, -0.15) is 0 Å². The van der Waals surface area contributed by atoms with Crippen molar-refractivity contribution in [3.05, 3.63) is 53.1 Å². The number of nitrogens with zero attached hydrogens (tertiary/aromatic N) is 1. The molecule has 1 unspecified atom stereocenters. The van der Waals surface area contributed by atoms with Crippen LogP contribution >= 0.6 is 0 Å². The number of fused-ring (bicyclic) bond motifs is 1. The zero-order valence-electron chi connectivity index (χ0n) is 15.9. The van der Waals surface area contributed by atoms with E-state index in [1.54, 1.807) is 6.07 Å². The number of likely N-dealkylation sites (N-methyl/N-ethyl adjacent to an activating group) is 1. The lowest BCUT2D eigenvalue weighted by Gasteiger charge is -2.37. The normalized spacial score (nSPS) is 16.3. The third-order valence-electron chi connectivity index (χ3n) is 5.06. The van der Waals surface area contributed by atoms with Crippen LogP contribution in [0, 0.1) is 0 Å². The molecular weight excluding hydrogens is 358 g/mol. The molecule has 1 aliphatic heterocycles. The summed E-state index contributed by atoms with van der Waals surface area (Å²) in [7, 11) is 0. The predicted octanol–water partition coefficient (Wildman–Crippen LogP) is 2.41. The van der Waals surface area contributed by atoms with Crippen molar-refractivity contribution in [1.29, 1.82) is 0 Å². The largest absolute Gasteiger partial charge is 0.478 e. The number of nitrogens with one attached hydrogen (secondary N) is 1. The number of rotatable bonds is 5. The first kappa shape index (κ1) is 19.6. The molecule has 0 saturated carbocycles. The van der Waals surface area contributed by atoms with Crippen LogP contribution in [0.2, 0.25) is 0 Å². The molecule has 7 heteroatoms. The van der Waals surface area contributed by atoms with E-state index in [1.807, 2.05) is 42.2 Å². The van der Waals surface area contributed by atoms with E-state index in [-0.39, 0.29) is 11.3 Å². The minimum Gasteiger partial charge on any atom is -0.478 e. The van der Waals surface area contributed by atoms with E-state index >= 15 is 0 Å². The van der Waals surface area contributed by atoms with Crippen LogP contribution in [-0.2, 0) is 16.0 Å². The Morgan fingerprint density at radius 1 is 1.25 bits per heavy atom. The van der Waals surface area contributed by atoms with Crippen LogP contribution in [0.4, 0.5) is 5.69 Å². The Morgan fingerprint density at radius 2 is 1.93 bits per heavy atom. The van der Waals surface area contributed by atoms with Crippen LogP contribution in [-0.4, -0.2) is 40.9 Å². The second kappa shape index (κ2) is 7.82. The topological polar surface area (TPSA) is 113 Å². The van der Waals surface area contributed by atoms with Gasteiger partial charge in [-0.3, -0.25) is 14.5 Å². The first-order valence-corrected chi connectivity index (χ1v) is 9.14. The van der Waals surface area contributed by atoms with Gasteiger partial charge in [-0.15, -0.1) is 0 Å². The number of carboxylic acid groups (broad SMARTS) is 1. The highest BCUT2D eigenvalue weighted by atomic mass is 16.4. The van der Waals surface area contributed by atoms with E-state index in [0.717, 1.165) is 16.7 Å². The summed E-state index contributed by atoms with van der Waals surface area (Å²) in [5.74, 6) is -2.16. The van der Waals surface area contributed by atoms with Crippen molar-refractivity contribution in [2.24, 2.45) is 5.73 Å². The van der Waals surface area contributed by atoms with Gasteiger partial charge in [0.1, 0.15) is 6.04 Å². The van der Waals surface area contributed by atoms with Gasteiger partial charge in [0, 0.05) is 19.0 Å². The number of aromatic carboxylic acids is 1. The number of hydrogen-bond acceptors (Lipinski definition) is 4. The monoisotopic (exact) mass is 381 g/mol. The van der Waals surface area contributed by atoms with Crippen molar-refractivity contribution in [3.8, 4) is 11.1 Å². The lowest BCUT2D eigenvalue weighted by atomic mass is 9.83. The molecule has 4 N–H and O–H groups in total. The molecule has 0 aliphatic carbocycles. The predicted molar refractivity (Wildman–Crippen MR) is 106 cm³/mol. The number of nitrogens with two attached hydrogens (primary N) is 1. The highest BCUT2D eigenvalue weighted by Gasteiger charge is 2.36. The molecule has 7 nitrogen and oxygen atoms in total. The summed E-state index contributed by atoms with van der Waals surface area (Å²) >= 11 is 0. The van der Waals surface area contributed by atoms with Crippen LogP contribution in [0.3, 0.4) is 0 Å². The summed E-state index contributed by atoms with van der Waals surface area (Å²) in [4.78, 5) is 38.1. The van der Waals surface area contributed by atoms with E-state index in [4.69, 9.17) is 5.73 Å². The SMILES string of the molecule is CCN1CCc2c(-c3ccccc3)cc(C(=O)O)c(NC(C)=O)c2C1C(N)=O. The van der Waals surface area contributed by atoms with Crippen LogP contribution < -0.4 is 11.1 Å². The average molecular weight is 381 g/mol. The molecule has 0 spiro atoms.